The van der Waals surface area contributed by atoms with Gasteiger partial charge in [-0.25, -0.2) is 8.96 Å². The molecule has 0 saturated heterocycles. The van der Waals surface area contributed by atoms with E-state index in [0.717, 1.165) is 9.87 Å². The third-order valence-corrected chi connectivity index (χ3v) is 13.6. The first-order chi connectivity index (χ1) is 15.2. The van der Waals surface area contributed by atoms with E-state index in [4.69, 9.17) is 4.74 Å². The lowest BCUT2D eigenvalue weighted by molar-refractivity contribution is 0.0162. The first-order valence-electron chi connectivity index (χ1n) is 11.2. The molecule has 2 atom stereocenters. The summed E-state index contributed by atoms with van der Waals surface area (Å²) in [4.78, 5) is 4.51. The summed E-state index contributed by atoms with van der Waals surface area (Å²) >= 11 is 0. The summed E-state index contributed by atoms with van der Waals surface area (Å²) in [5.74, 6) is 0. The van der Waals surface area contributed by atoms with Gasteiger partial charge in [-0.3, -0.25) is 0 Å². The smallest absolute Gasteiger partial charge is 0.308 e. The molecule has 0 spiro atoms. The Balaban J connectivity index is 2.16. The van der Waals surface area contributed by atoms with Crippen LogP contribution in [0.4, 0.5) is 0 Å². The second-order valence-electron chi connectivity index (χ2n) is 10.2. The maximum atomic E-state index is 13.2. The fourth-order valence-electron chi connectivity index (χ4n) is 3.20. The van der Waals surface area contributed by atoms with Crippen LogP contribution >= 0.6 is 0 Å². The van der Waals surface area contributed by atoms with E-state index in [1.54, 1.807) is 0 Å². The molecule has 0 aliphatic heterocycles. The van der Waals surface area contributed by atoms with Crippen LogP contribution < -0.4 is 5.45 Å². The van der Waals surface area contributed by atoms with Gasteiger partial charge in [0, 0.05) is 14.1 Å². The van der Waals surface area contributed by atoms with Gasteiger partial charge in [0.25, 0.3) is 0 Å². The Bertz CT molecular complexity index is 1000. The van der Waals surface area contributed by atoms with Crippen molar-refractivity contribution < 1.29 is 23.4 Å². The summed E-state index contributed by atoms with van der Waals surface area (Å²) < 4.78 is 34.4. The van der Waals surface area contributed by atoms with E-state index < -0.39 is 30.5 Å². The Morgan fingerprint density at radius 1 is 1.12 bits per heavy atom. The zero-order valence-corrected chi connectivity index (χ0v) is 22.6. The Labute approximate surface area is 199 Å². The number of hydrogen-bond donors (Lipinski definition) is 2. The highest BCUT2D eigenvalue weighted by Gasteiger charge is 2.44. The van der Waals surface area contributed by atoms with Gasteiger partial charge in [0.05, 0.1) is 37.3 Å². The largest absolute Gasteiger partial charge is 0.391 e. The minimum Gasteiger partial charge on any atom is -0.391 e. The van der Waals surface area contributed by atoms with Crippen LogP contribution in [0.1, 0.15) is 51.0 Å². The highest BCUT2D eigenvalue weighted by molar-refractivity contribution is 7.87. The third-order valence-electron chi connectivity index (χ3n) is 6.41. The summed E-state index contributed by atoms with van der Waals surface area (Å²) in [6.07, 6.45) is 0.0411. The van der Waals surface area contributed by atoms with Crippen LogP contribution in [0.25, 0.3) is 0 Å². The second-order valence-corrected chi connectivity index (χ2v) is 17.4. The molecular formula is C23H39N3O5SSi. The molecular weight excluding hydrogens is 458 g/mol. The van der Waals surface area contributed by atoms with Gasteiger partial charge in [0.2, 0.25) is 0 Å². The van der Waals surface area contributed by atoms with E-state index in [0.29, 0.717) is 12.1 Å². The number of hydrogen-bond acceptors (Lipinski definition) is 6. The van der Waals surface area contributed by atoms with Gasteiger partial charge in [-0.2, -0.15) is 12.7 Å². The zero-order chi connectivity index (χ0) is 25.0. The summed E-state index contributed by atoms with van der Waals surface area (Å²) in [5.41, 5.74) is 1.74. The first-order valence-corrected chi connectivity index (χ1v) is 15.6. The molecule has 0 saturated carbocycles. The Morgan fingerprint density at radius 2 is 1.73 bits per heavy atom. The molecule has 0 bridgehead atoms. The lowest BCUT2D eigenvalue weighted by atomic mass is 10.1. The summed E-state index contributed by atoms with van der Waals surface area (Å²) in [5, 5.41) is 21.1. The molecule has 1 aromatic heterocycles. The van der Waals surface area contributed by atoms with Crippen molar-refractivity contribution in [1.82, 2.24) is 13.3 Å². The van der Waals surface area contributed by atoms with E-state index in [1.165, 1.54) is 24.3 Å². The number of nitrogens with zero attached hydrogens (tertiary/aromatic N) is 3. The minimum atomic E-state index is -3.89. The number of imidazole rings is 1. The molecule has 0 fully saturated rings. The fraction of sp³-hybridized carbons (Fsp3) is 0.609. The number of benzene rings is 1. The number of ether oxygens (including phenoxy) is 1. The molecule has 0 amide bonds. The van der Waals surface area contributed by atoms with Gasteiger partial charge < -0.3 is 14.9 Å². The van der Waals surface area contributed by atoms with E-state index in [1.807, 2.05) is 30.3 Å². The molecule has 0 aliphatic rings. The van der Waals surface area contributed by atoms with Crippen molar-refractivity contribution in [2.75, 3.05) is 20.7 Å². The van der Waals surface area contributed by atoms with Crippen LogP contribution in [0.5, 0.6) is 0 Å². The topological polar surface area (TPSA) is 105 Å². The van der Waals surface area contributed by atoms with Crippen LogP contribution in [0.2, 0.25) is 18.1 Å². The normalized spacial score (nSPS) is 15.1. The van der Waals surface area contributed by atoms with Crippen molar-refractivity contribution in [2.24, 2.45) is 0 Å². The second kappa shape index (κ2) is 10.8. The molecule has 1 heterocycles. The molecule has 8 nitrogen and oxygen atoms in total. The van der Waals surface area contributed by atoms with Gasteiger partial charge in [-0.15, -0.1) is 0 Å². The molecule has 1 aromatic carbocycles. The first kappa shape index (κ1) is 27.7. The maximum absolute atomic E-state index is 13.2. The molecule has 10 heteroatoms. The Morgan fingerprint density at radius 3 is 2.27 bits per heavy atom. The van der Waals surface area contributed by atoms with Gasteiger partial charge >= 0.3 is 10.2 Å². The molecule has 2 rings (SSSR count). The van der Waals surface area contributed by atoms with Crippen LogP contribution in [0.15, 0.2) is 36.5 Å². The molecule has 33 heavy (non-hydrogen) atoms. The number of rotatable bonds is 11. The molecule has 2 aromatic rings. The van der Waals surface area contributed by atoms with Crippen LogP contribution in [0.3, 0.4) is 0 Å². The number of aromatic nitrogens is 2. The predicted octanol–water partition coefficient (Wildman–Crippen LogP) is 2.64. The summed E-state index contributed by atoms with van der Waals surface area (Å²) in [7, 11) is -3.29. The molecule has 186 valence electrons. The van der Waals surface area contributed by atoms with E-state index in [-0.39, 0.29) is 30.2 Å². The van der Waals surface area contributed by atoms with Gasteiger partial charge in [0.1, 0.15) is 13.5 Å². The van der Waals surface area contributed by atoms with Crippen molar-refractivity contribution in [2.45, 2.75) is 70.6 Å². The van der Waals surface area contributed by atoms with Crippen molar-refractivity contribution in [1.29, 1.82) is 0 Å². The third kappa shape index (κ3) is 6.52. The van der Waals surface area contributed by atoms with Crippen molar-refractivity contribution in [3.8, 4) is 0 Å². The van der Waals surface area contributed by atoms with Gasteiger partial charge in [-0.05, 0) is 23.4 Å². The lowest BCUT2D eigenvalue weighted by Crippen LogP contribution is -2.56. The summed E-state index contributed by atoms with van der Waals surface area (Å²) in [6, 6.07) is 9.67. The Kier molecular flexibility index (Phi) is 9.05. The van der Waals surface area contributed by atoms with Gasteiger partial charge in [0.15, 0.2) is 0 Å². The molecule has 2 N–H and O–H groups in total. The predicted molar refractivity (Wildman–Crippen MR) is 133 cm³/mol. The number of aliphatic hydroxyl groups is 2. The van der Waals surface area contributed by atoms with Crippen LogP contribution in [0, 0.1) is 0 Å². The van der Waals surface area contributed by atoms with Crippen LogP contribution in [-0.4, -0.2) is 66.8 Å². The van der Waals surface area contributed by atoms with E-state index in [2.05, 4.69) is 38.8 Å². The molecule has 0 unspecified atom stereocenters. The van der Waals surface area contributed by atoms with E-state index >= 15 is 0 Å². The minimum absolute atomic E-state index is 0.131. The average Bonchev–Trinajstić information content (AvgIpc) is 3.18. The standard InChI is InChI=1S/C23H39N3O5SSi/c1-23(2,3)33(6,7)22-24-15-20(26(22)32(29,30)25(4)5)21(28)14-13-19(27)17-31-16-18-11-9-8-10-12-18/h8-12,15,19,21,27-28H,13-14,16-17H2,1-7H3/t19-,21+/m1/s1. The highest BCUT2D eigenvalue weighted by atomic mass is 32.2. The van der Waals surface area contributed by atoms with E-state index in [9.17, 15) is 18.6 Å². The quantitative estimate of drug-likeness (QED) is 0.463. The molecule has 0 radical (unpaired) electrons. The monoisotopic (exact) mass is 497 g/mol. The number of aliphatic hydroxyl groups excluding tert-OH is 2. The summed E-state index contributed by atoms with van der Waals surface area (Å²) in [6.45, 7) is 10.9. The zero-order valence-electron chi connectivity index (χ0n) is 20.8. The maximum Gasteiger partial charge on any atom is 0.308 e. The average molecular weight is 498 g/mol. The van der Waals surface area contributed by atoms with Gasteiger partial charge in [-0.1, -0.05) is 64.2 Å². The highest BCUT2D eigenvalue weighted by Crippen LogP contribution is 2.36. The van der Waals surface area contributed by atoms with Crippen LogP contribution in [-0.2, 0) is 21.6 Å². The SMILES string of the molecule is CN(C)S(=O)(=O)n1c([C@@H](O)CC[C@@H](O)COCc2ccccc2)cnc1[Si](C)(C)C(C)(C)C. The van der Waals surface area contributed by atoms with Crippen molar-refractivity contribution >= 4 is 23.7 Å². The fourth-order valence-corrected chi connectivity index (χ4v) is 6.95. The Hall–Kier alpha value is -1.56. The lowest BCUT2D eigenvalue weighted by Gasteiger charge is -2.36. The van der Waals surface area contributed by atoms with Crippen molar-refractivity contribution in [3.63, 3.8) is 0 Å². The van der Waals surface area contributed by atoms with Crippen molar-refractivity contribution in [3.05, 3.63) is 47.8 Å². The molecule has 0 aliphatic carbocycles.